The third-order valence-electron chi connectivity index (χ3n) is 2.70. The van der Waals surface area contributed by atoms with Crippen LogP contribution >= 0.6 is 0 Å². The Hall–Kier alpha value is -2.30. The van der Waals surface area contributed by atoms with Crippen molar-refractivity contribution in [3.63, 3.8) is 0 Å². The van der Waals surface area contributed by atoms with E-state index in [0.29, 0.717) is 18.0 Å². The molecule has 0 saturated heterocycles. The lowest BCUT2D eigenvalue weighted by Gasteiger charge is -2.08. The van der Waals surface area contributed by atoms with Crippen LogP contribution in [0.3, 0.4) is 0 Å². The van der Waals surface area contributed by atoms with E-state index < -0.39 is 0 Å². The molecule has 0 bridgehead atoms. The van der Waals surface area contributed by atoms with Gasteiger partial charge in [0.15, 0.2) is 0 Å². The summed E-state index contributed by atoms with van der Waals surface area (Å²) >= 11 is 0. The zero-order valence-electron chi connectivity index (χ0n) is 11.9. The number of hydrogen-bond donors (Lipinski definition) is 2. The molecule has 0 spiro atoms. The summed E-state index contributed by atoms with van der Waals surface area (Å²) in [6.07, 6.45) is 1.65. The maximum absolute atomic E-state index is 12.0. The van der Waals surface area contributed by atoms with Gasteiger partial charge in [0.25, 0.3) is 0 Å². The average molecular weight is 273 g/mol. The lowest BCUT2D eigenvalue weighted by Crippen LogP contribution is -2.19. The molecule has 2 rings (SSSR count). The number of nitrogens with zero attached hydrogens (tertiary/aromatic N) is 1. The van der Waals surface area contributed by atoms with Crippen molar-refractivity contribution in [2.24, 2.45) is 0 Å². The van der Waals surface area contributed by atoms with Gasteiger partial charge >= 0.3 is 5.97 Å². The van der Waals surface area contributed by atoms with Crippen molar-refractivity contribution in [1.29, 1.82) is 0 Å². The van der Waals surface area contributed by atoms with E-state index in [2.05, 4.69) is 15.3 Å². The predicted octanol–water partition coefficient (Wildman–Crippen LogP) is 2.46. The number of aromatic nitrogens is 2. The molecule has 0 saturated carbocycles. The number of esters is 1. The Bertz CT molecular complexity index is 596. The van der Waals surface area contributed by atoms with E-state index in [9.17, 15) is 4.79 Å². The molecule has 0 fully saturated rings. The molecular weight excluding hydrogens is 254 g/mol. The summed E-state index contributed by atoms with van der Waals surface area (Å²) < 4.78 is 5.08. The minimum atomic E-state index is -0.389. The van der Waals surface area contributed by atoms with Crippen LogP contribution in [0, 0.1) is 0 Å². The van der Waals surface area contributed by atoms with Crippen LogP contribution in [-0.2, 0) is 9.53 Å². The van der Waals surface area contributed by atoms with Gasteiger partial charge in [0.05, 0.1) is 17.6 Å². The number of para-hydroxylation sites is 2. The first kappa shape index (κ1) is 14.1. The molecule has 0 aliphatic rings. The van der Waals surface area contributed by atoms with Crippen molar-refractivity contribution in [1.82, 2.24) is 15.3 Å². The number of nitrogens with one attached hydrogen (secondary N) is 2. The van der Waals surface area contributed by atoms with Gasteiger partial charge in [-0.25, -0.2) is 9.78 Å². The van der Waals surface area contributed by atoms with Gasteiger partial charge in [-0.2, -0.15) is 0 Å². The van der Waals surface area contributed by atoms with Gasteiger partial charge in [-0.15, -0.1) is 0 Å². The van der Waals surface area contributed by atoms with Crippen LogP contribution < -0.4 is 5.32 Å². The van der Waals surface area contributed by atoms with E-state index in [1.54, 1.807) is 13.1 Å². The molecule has 106 valence electrons. The Morgan fingerprint density at radius 1 is 1.45 bits per heavy atom. The number of fused-ring (bicyclic) bond motifs is 1. The monoisotopic (exact) mass is 273 g/mol. The third kappa shape index (κ3) is 3.17. The van der Waals surface area contributed by atoms with Crippen molar-refractivity contribution < 1.29 is 9.53 Å². The van der Waals surface area contributed by atoms with E-state index in [0.717, 1.165) is 11.0 Å². The molecule has 5 heteroatoms. The second-order valence-electron chi connectivity index (χ2n) is 4.70. The van der Waals surface area contributed by atoms with Crippen LogP contribution in [0.15, 0.2) is 30.5 Å². The number of benzene rings is 1. The average Bonchev–Trinajstić information content (AvgIpc) is 2.82. The Morgan fingerprint density at radius 2 is 2.20 bits per heavy atom. The highest BCUT2D eigenvalue weighted by molar-refractivity contribution is 6.15. The van der Waals surface area contributed by atoms with Crippen molar-refractivity contribution in [2.75, 3.05) is 6.61 Å². The normalized spacial score (nSPS) is 11.9. The first-order chi connectivity index (χ1) is 9.61. The quantitative estimate of drug-likeness (QED) is 0.648. The van der Waals surface area contributed by atoms with Crippen LogP contribution in [0.4, 0.5) is 0 Å². The number of hydrogen-bond acceptors (Lipinski definition) is 4. The van der Waals surface area contributed by atoms with Crippen LogP contribution in [-0.4, -0.2) is 28.6 Å². The summed E-state index contributed by atoms with van der Waals surface area (Å²) in [5.41, 5.74) is 2.11. The number of carbonyl (C=O) groups is 1. The van der Waals surface area contributed by atoms with E-state index in [4.69, 9.17) is 4.74 Å². The third-order valence-corrected chi connectivity index (χ3v) is 2.70. The minimum Gasteiger partial charge on any atom is -0.462 e. The molecule has 1 aromatic heterocycles. The van der Waals surface area contributed by atoms with Gasteiger partial charge < -0.3 is 15.0 Å². The minimum absolute atomic E-state index is 0.226. The molecule has 0 aliphatic carbocycles. The van der Waals surface area contributed by atoms with Gasteiger partial charge in [-0.1, -0.05) is 12.1 Å². The Kier molecular flexibility index (Phi) is 4.40. The number of rotatable bonds is 5. The highest BCUT2D eigenvalue weighted by Gasteiger charge is 2.17. The van der Waals surface area contributed by atoms with Crippen LogP contribution in [0.25, 0.3) is 16.6 Å². The topological polar surface area (TPSA) is 67.0 Å². The number of imidazole rings is 1. The maximum atomic E-state index is 12.0. The molecule has 5 nitrogen and oxygen atoms in total. The molecule has 0 aliphatic heterocycles. The summed E-state index contributed by atoms with van der Waals surface area (Å²) in [6.45, 7) is 6.11. The maximum Gasteiger partial charge on any atom is 0.343 e. The van der Waals surface area contributed by atoms with Crippen molar-refractivity contribution in [2.45, 2.75) is 26.8 Å². The second kappa shape index (κ2) is 6.23. The molecular formula is C15H19N3O2. The summed E-state index contributed by atoms with van der Waals surface area (Å²) in [7, 11) is 0. The summed E-state index contributed by atoms with van der Waals surface area (Å²) in [6, 6.07) is 7.87. The molecule has 0 radical (unpaired) electrons. The highest BCUT2D eigenvalue weighted by atomic mass is 16.5. The molecule has 2 N–H and O–H groups in total. The summed E-state index contributed by atoms with van der Waals surface area (Å²) in [5.74, 6) is 0.123. The standard InChI is InChI=1S/C15H19N3O2/c1-4-20-15(19)11(9-16-10(2)3)14-17-12-7-5-6-8-13(12)18-14/h5-10,16H,4H2,1-3H3,(H,17,18)/b11-9+. The zero-order chi connectivity index (χ0) is 14.5. The molecule has 2 aromatic rings. The van der Waals surface area contributed by atoms with Gasteiger partial charge in [0.2, 0.25) is 0 Å². The van der Waals surface area contributed by atoms with Gasteiger partial charge in [0, 0.05) is 12.2 Å². The lowest BCUT2D eigenvalue weighted by atomic mass is 10.2. The van der Waals surface area contributed by atoms with Crippen LogP contribution in [0.5, 0.6) is 0 Å². The smallest absolute Gasteiger partial charge is 0.343 e. The number of ether oxygens (including phenoxy) is 1. The molecule has 0 atom stereocenters. The molecule has 1 aromatic carbocycles. The SMILES string of the molecule is CCOC(=O)/C(=C/NC(C)C)c1nc2ccccc2[nH]1. The van der Waals surface area contributed by atoms with Crippen molar-refractivity contribution in [3.05, 3.63) is 36.3 Å². The fraction of sp³-hybridized carbons (Fsp3) is 0.333. The van der Waals surface area contributed by atoms with Gasteiger partial charge in [-0.05, 0) is 32.9 Å². The van der Waals surface area contributed by atoms with E-state index >= 15 is 0 Å². The van der Waals surface area contributed by atoms with Crippen molar-refractivity contribution >= 4 is 22.6 Å². The van der Waals surface area contributed by atoms with E-state index in [1.807, 2.05) is 38.1 Å². The Labute approximate surface area is 118 Å². The number of aromatic amines is 1. The number of H-pyrrole nitrogens is 1. The van der Waals surface area contributed by atoms with Gasteiger partial charge in [-0.3, -0.25) is 0 Å². The lowest BCUT2D eigenvalue weighted by molar-refractivity contribution is -0.136. The number of carbonyl (C=O) groups excluding carboxylic acids is 1. The largest absolute Gasteiger partial charge is 0.462 e. The van der Waals surface area contributed by atoms with Crippen molar-refractivity contribution in [3.8, 4) is 0 Å². The zero-order valence-corrected chi connectivity index (χ0v) is 11.9. The van der Waals surface area contributed by atoms with E-state index in [1.165, 1.54) is 0 Å². The molecule has 0 unspecified atom stereocenters. The first-order valence-electron chi connectivity index (χ1n) is 6.70. The molecule has 0 amide bonds. The predicted molar refractivity (Wildman–Crippen MR) is 79.0 cm³/mol. The van der Waals surface area contributed by atoms with Crippen LogP contribution in [0.1, 0.15) is 26.6 Å². The fourth-order valence-corrected chi connectivity index (χ4v) is 1.76. The Balaban J connectivity index is 2.39. The fourth-order valence-electron chi connectivity index (χ4n) is 1.76. The van der Waals surface area contributed by atoms with Gasteiger partial charge in [0.1, 0.15) is 11.4 Å². The molecule has 1 heterocycles. The summed E-state index contributed by atoms with van der Waals surface area (Å²) in [4.78, 5) is 19.6. The van der Waals surface area contributed by atoms with Crippen LogP contribution in [0.2, 0.25) is 0 Å². The second-order valence-corrected chi connectivity index (χ2v) is 4.70. The Morgan fingerprint density at radius 3 is 2.85 bits per heavy atom. The van der Waals surface area contributed by atoms with E-state index in [-0.39, 0.29) is 12.0 Å². The molecule has 20 heavy (non-hydrogen) atoms. The summed E-state index contributed by atoms with van der Waals surface area (Å²) in [5, 5.41) is 3.10. The first-order valence-corrected chi connectivity index (χ1v) is 6.70. The highest BCUT2D eigenvalue weighted by Crippen LogP contribution is 2.17.